The highest BCUT2D eigenvalue weighted by molar-refractivity contribution is 5.83. The van der Waals surface area contributed by atoms with E-state index in [1.807, 2.05) is 0 Å². The minimum atomic E-state index is -0.0629. The van der Waals surface area contributed by atoms with Crippen LogP contribution in [-0.2, 0) is 16.0 Å². The van der Waals surface area contributed by atoms with Crippen LogP contribution in [0.2, 0.25) is 0 Å². The Hall–Kier alpha value is -2.62. The lowest BCUT2D eigenvalue weighted by molar-refractivity contribution is -0.146. The molecule has 2 saturated heterocycles. The van der Waals surface area contributed by atoms with Crippen LogP contribution in [0.4, 0.5) is 0 Å². The molecule has 0 spiro atoms. The first-order valence-electron chi connectivity index (χ1n) is 13.8. The SMILES string of the molecule is Cc1cccc([C@@H]2CC[C@@H](C(=O)N3CCC(Cc4ccccc4)CC3)CN2C(=O)C2CCCC2)c1. The Kier molecular flexibility index (Phi) is 7.55. The van der Waals surface area contributed by atoms with Crippen molar-refractivity contribution in [3.8, 4) is 0 Å². The second-order valence-corrected chi connectivity index (χ2v) is 11.1. The molecule has 186 valence electrons. The van der Waals surface area contributed by atoms with Crippen molar-refractivity contribution in [3.05, 3.63) is 71.3 Å². The van der Waals surface area contributed by atoms with E-state index in [0.29, 0.717) is 12.5 Å². The van der Waals surface area contributed by atoms with Crippen molar-refractivity contribution in [1.82, 2.24) is 9.80 Å². The van der Waals surface area contributed by atoms with E-state index in [9.17, 15) is 9.59 Å². The zero-order valence-corrected chi connectivity index (χ0v) is 21.2. The Morgan fingerprint density at radius 3 is 2.26 bits per heavy atom. The van der Waals surface area contributed by atoms with Gasteiger partial charge in [-0.05, 0) is 68.9 Å². The summed E-state index contributed by atoms with van der Waals surface area (Å²) < 4.78 is 0. The first kappa shape index (κ1) is 24.1. The molecule has 2 aliphatic heterocycles. The topological polar surface area (TPSA) is 40.6 Å². The van der Waals surface area contributed by atoms with Gasteiger partial charge in [0.05, 0.1) is 12.0 Å². The van der Waals surface area contributed by atoms with Gasteiger partial charge in [-0.15, -0.1) is 0 Å². The van der Waals surface area contributed by atoms with Crippen LogP contribution in [0.25, 0.3) is 0 Å². The van der Waals surface area contributed by atoms with Crippen LogP contribution in [0.5, 0.6) is 0 Å². The molecule has 4 nitrogen and oxygen atoms in total. The number of likely N-dealkylation sites (tertiary alicyclic amines) is 2. The normalized spacial score (nSPS) is 24.0. The number of hydrogen-bond acceptors (Lipinski definition) is 2. The maximum absolute atomic E-state index is 13.6. The highest BCUT2D eigenvalue weighted by atomic mass is 16.2. The Balaban J connectivity index is 1.24. The molecule has 5 rings (SSSR count). The lowest BCUT2D eigenvalue weighted by atomic mass is 9.85. The Bertz CT molecular complexity index is 1010. The molecule has 0 aromatic heterocycles. The van der Waals surface area contributed by atoms with E-state index in [1.54, 1.807) is 0 Å². The maximum Gasteiger partial charge on any atom is 0.227 e. The van der Waals surface area contributed by atoms with Gasteiger partial charge in [0.25, 0.3) is 0 Å². The Morgan fingerprint density at radius 2 is 1.54 bits per heavy atom. The molecule has 3 aliphatic rings. The number of aryl methyl sites for hydroxylation is 1. The van der Waals surface area contributed by atoms with Gasteiger partial charge in [0.15, 0.2) is 0 Å². The smallest absolute Gasteiger partial charge is 0.227 e. The average Bonchev–Trinajstić information content (AvgIpc) is 3.44. The van der Waals surface area contributed by atoms with E-state index >= 15 is 0 Å². The molecule has 35 heavy (non-hydrogen) atoms. The van der Waals surface area contributed by atoms with E-state index < -0.39 is 0 Å². The first-order valence-corrected chi connectivity index (χ1v) is 13.8. The summed E-state index contributed by atoms with van der Waals surface area (Å²) in [7, 11) is 0. The molecule has 1 aliphatic carbocycles. The lowest BCUT2D eigenvalue weighted by Gasteiger charge is -2.43. The molecular weight excluding hydrogens is 432 g/mol. The quantitative estimate of drug-likeness (QED) is 0.540. The molecule has 1 saturated carbocycles. The van der Waals surface area contributed by atoms with Crippen LogP contribution in [0, 0.1) is 24.7 Å². The van der Waals surface area contributed by atoms with Gasteiger partial charge >= 0.3 is 0 Å². The summed E-state index contributed by atoms with van der Waals surface area (Å²) in [5.74, 6) is 1.29. The second-order valence-electron chi connectivity index (χ2n) is 11.1. The summed E-state index contributed by atoms with van der Waals surface area (Å²) in [6.45, 7) is 4.40. The summed E-state index contributed by atoms with van der Waals surface area (Å²) in [5, 5.41) is 0. The minimum absolute atomic E-state index is 0.0629. The van der Waals surface area contributed by atoms with E-state index in [0.717, 1.165) is 70.9 Å². The van der Waals surface area contributed by atoms with Crippen molar-refractivity contribution in [3.63, 3.8) is 0 Å². The molecule has 2 heterocycles. The van der Waals surface area contributed by atoms with Gasteiger partial charge in [-0.3, -0.25) is 9.59 Å². The lowest BCUT2D eigenvalue weighted by Crippen LogP contribution is -2.50. The summed E-state index contributed by atoms with van der Waals surface area (Å²) in [5.41, 5.74) is 3.85. The summed E-state index contributed by atoms with van der Waals surface area (Å²) in [4.78, 5) is 31.4. The largest absolute Gasteiger partial charge is 0.342 e. The van der Waals surface area contributed by atoms with E-state index in [4.69, 9.17) is 0 Å². The van der Waals surface area contributed by atoms with Gasteiger partial charge in [-0.1, -0.05) is 73.0 Å². The van der Waals surface area contributed by atoms with Crippen LogP contribution >= 0.6 is 0 Å². The molecule has 2 amide bonds. The van der Waals surface area contributed by atoms with Crippen LogP contribution in [-0.4, -0.2) is 41.2 Å². The van der Waals surface area contributed by atoms with E-state index in [-0.39, 0.29) is 29.7 Å². The molecule has 2 atom stereocenters. The highest BCUT2D eigenvalue weighted by Crippen LogP contribution is 2.38. The molecule has 2 aromatic carbocycles. The van der Waals surface area contributed by atoms with Gasteiger partial charge in [-0.2, -0.15) is 0 Å². The van der Waals surface area contributed by atoms with Crippen molar-refractivity contribution in [2.45, 2.75) is 70.8 Å². The molecular formula is C31H40N2O2. The van der Waals surface area contributed by atoms with E-state index in [2.05, 4.69) is 71.3 Å². The third-order valence-electron chi connectivity index (χ3n) is 8.64. The van der Waals surface area contributed by atoms with Gasteiger partial charge in [0.2, 0.25) is 11.8 Å². The van der Waals surface area contributed by atoms with Crippen LogP contribution < -0.4 is 0 Å². The van der Waals surface area contributed by atoms with Crippen LogP contribution in [0.1, 0.15) is 74.1 Å². The number of nitrogens with zero attached hydrogens (tertiary/aromatic N) is 2. The Labute approximate surface area is 210 Å². The van der Waals surface area contributed by atoms with Crippen LogP contribution in [0.15, 0.2) is 54.6 Å². The molecule has 0 unspecified atom stereocenters. The summed E-state index contributed by atoms with van der Waals surface area (Å²) >= 11 is 0. The number of carbonyl (C=O) groups excluding carboxylic acids is 2. The highest BCUT2D eigenvalue weighted by Gasteiger charge is 2.40. The fourth-order valence-electron chi connectivity index (χ4n) is 6.61. The van der Waals surface area contributed by atoms with Crippen LogP contribution in [0.3, 0.4) is 0 Å². The zero-order valence-electron chi connectivity index (χ0n) is 21.2. The predicted octanol–water partition coefficient (Wildman–Crippen LogP) is 5.95. The van der Waals surface area contributed by atoms with Crippen molar-refractivity contribution in [2.75, 3.05) is 19.6 Å². The number of hydrogen-bond donors (Lipinski definition) is 0. The van der Waals surface area contributed by atoms with Crippen molar-refractivity contribution in [2.24, 2.45) is 17.8 Å². The van der Waals surface area contributed by atoms with Gasteiger partial charge < -0.3 is 9.80 Å². The second kappa shape index (κ2) is 11.0. The summed E-state index contributed by atoms with van der Waals surface area (Å²) in [6, 6.07) is 19.4. The first-order chi connectivity index (χ1) is 17.1. The molecule has 4 heteroatoms. The van der Waals surface area contributed by atoms with Crippen molar-refractivity contribution < 1.29 is 9.59 Å². The molecule has 3 fully saturated rings. The maximum atomic E-state index is 13.6. The van der Waals surface area contributed by atoms with Gasteiger partial charge in [0.1, 0.15) is 0 Å². The standard InChI is InChI=1S/C31H40N2O2/c1-23-8-7-13-27(20-23)29-15-14-28(22-33(29)31(35)26-11-5-6-12-26)30(34)32-18-16-25(17-19-32)21-24-9-3-2-4-10-24/h2-4,7-10,13,20,25-26,28-29H,5-6,11-12,14-19,21-22H2,1H3/t28-,29+/m1/s1. The fraction of sp³-hybridized carbons (Fsp3) is 0.548. The zero-order chi connectivity index (χ0) is 24.2. The average molecular weight is 473 g/mol. The van der Waals surface area contributed by atoms with Gasteiger partial charge in [0, 0.05) is 25.6 Å². The van der Waals surface area contributed by atoms with Crippen molar-refractivity contribution >= 4 is 11.8 Å². The molecule has 0 radical (unpaired) electrons. The number of piperidine rings is 2. The molecule has 2 aromatic rings. The molecule has 0 bridgehead atoms. The number of rotatable bonds is 5. The number of benzene rings is 2. The molecule has 0 N–H and O–H groups in total. The van der Waals surface area contributed by atoms with Gasteiger partial charge in [-0.25, -0.2) is 0 Å². The number of amides is 2. The fourth-order valence-corrected chi connectivity index (χ4v) is 6.61. The predicted molar refractivity (Wildman–Crippen MR) is 140 cm³/mol. The third kappa shape index (κ3) is 5.63. The number of carbonyl (C=O) groups is 2. The summed E-state index contributed by atoms with van der Waals surface area (Å²) in [6.07, 6.45) is 9.31. The Morgan fingerprint density at radius 1 is 0.800 bits per heavy atom. The van der Waals surface area contributed by atoms with E-state index in [1.165, 1.54) is 16.7 Å². The van der Waals surface area contributed by atoms with Crippen molar-refractivity contribution in [1.29, 1.82) is 0 Å². The monoisotopic (exact) mass is 472 g/mol. The minimum Gasteiger partial charge on any atom is -0.342 e. The third-order valence-corrected chi connectivity index (χ3v) is 8.64.